The van der Waals surface area contributed by atoms with Gasteiger partial charge in [0.25, 0.3) is 0 Å². The maximum Gasteiger partial charge on any atom is 0.242 e. The number of halogens is 1. The van der Waals surface area contributed by atoms with Crippen molar-refractivity contribution < 1.29 is 9.59 Å². The highest BCUT2D eigenvalue weighted by atomic mass is 35.5. The molecule has 2 heterocycles. The van der Waals surface area contributed by atoms with E-state index in [4.69, 9.17) is 5.73 Å². The van der Waals surface area contributed by atoms with Crippen molar-refractivity contribution in [2.45, 2.75) is 31.3 Å². The lowest BCUT2D eigenvalue weighted by atomic mass is 10.0. The molecular formula is C16H21ClN4O2. The Labute approximate surface area is 140 Å². The van der Waals surface area contributed by atoms with Crippen molar-refractivity contribution in [2.24, 2.45) is 5.73 Å². The number of nitrogens with one attached hydrogen (secondary N) is 3. The highest BCUT2D eigenvalue weighted by Gasteiger charge is 2.26. The molecule has 1 aliphatic rings. The van der Waals surface area contributed by atoms with E-state index < -0.39 is 12.1 Å². The van der Waals surface area contributed by atoms with Gasteiger partial charge in [-0.3, -0.25) is 9.59 Å². The highest BCUT2D eigenvalue weighted by Crippen LogP contribution is 2.18. The molecule has 2 atom stereocenters. The molecule has 1 unspecified atom stereocenters. The normalized spacial score (nSPS) is 18.8. The van der Waals surface area contributed by atoms with E-state index >= 15 is 0 Å². The van der Waals surface area contributed by atoms with Crippen molar-refractivity contribution in [3.05, 3.63) is 36.0 Å². The van der Waals surface area contributed by atoms with Crippen LogP contribution in [0.5, 0.6) is 0 Å². The molecule has 1 aromatic carbocycles. The fraction of sp³-hybridized carbons (Fsp3) is 0.375. The van der Waals surface area contributed by atoms with E-state index in [9.17, 15) is 9.59 Å². The molecule has 7 heteroatoms. The number of fused-ring (bicyclic) bond motifs is 1. The number of nitrogens with two attached hydrogens (primary N) is 1. The van der Waals surface area contributed by atoms with Gasteiger partial charge in [-0.05, 0) is 30.9 Å². The van der Waals surface area contributed by atoms with E-state index in [0.29, 0.717) is 19.4 Å². The minimum Gasteiger partial charge on any atom is -0.361 e. The van der Waals surface area contributed by atoms with Crippen LogP contribution in [0.3, 0.4) is 0 Å². The first-order valence-electron chi connectivity index (χ1n) is 7.54. The third-order valence-electron chi connectivity index (χ3n) is 4.05. The van der Waals surface area contributed by atoms with Gasteiger partial charge >= 0.3 is 0 Å². The first-order valence-corrected chi connectivity index (χ1v) is 7.54. The van der Waals surface area contributed by atoms with E-state index in [-0.39, 0.29) is 24.2 Å². The average molecular weight is 337 g/mol. The van der Waals surface area contributed by atoms with Crippen molar-refractivity contribution in [3.8, 4) is 0 Å². The van der Waals surface area contributed by atoms with E-state index in [2.05, 4.69) is 15.6 Å². The van der Waals surface area contributed by atoms with Crippen LogP contribution in [-0.2, 0) is 16.0 Å². The van der Waals surface area contributed by atoms with Crippen molar-refractivity contribution in [2.75, 3.05) is 6.54 Å². The quantitative estimate of drug-likeness (QED) is 0.666. The smallest absolute Gasteiger partial charge is 0.242 e. The van der Waals surface area contributed by atoms with E-state index in [1.54, 1.807) is 0 Å². The van der Waals surface area contributed by atoms with Gasteiger partial charge in [-0.1, -0.05) is 18.2 Å². The summed E-state index contributed by atoms with van der Waals surface area (Å²) >= 11 is 0. The molecule has 1 saturated heterocycles. The van der Waals surface area contributed by atoms with E-state index in [0.717, 1.165) is 22.9 Å². The molecule has 1 fully saturated rings. The second-order valence-corrected chi connectivity index (χ2v) is 5.66. The number of rotatable bonds is 4. The van der Waals surface area contributed by atoms with Crippen molar-refractivity contribution in [1.29, 1.82) is 0 Å². The average Bonchev–Trinajstić information content (AvgIpc) is 2.93. The molecule has 5 N–H and O–H groups in total. The number of aromatic nitrogens is 1. The van der Waals surface area contributed by atoms with E-state index in [1.807, 2.05) is 30.5 Å². The van der Waals surface area contributed by atoms with Gasteiger partial charge in [0, 0.05) is 23.6 Å². The van der Waals surface area contributed by atoms with Crippen LogP contribution in [0, 0.1) is 0 Å². The molecule has 3 rings (SSSR count). The molecule has 124 valence electrons. The Balaban J connectivity index is 0.00000192. The van der Waals surface area contributed by atoms with Crippen molar-refractivity contribution in [3.63, 3.8) is 0 Å². The number of hydrogen-bond acceptors (Lipinski definition) is 3. The topological polar surface area (TPSA) is 100 Å². The molecule has 0 bridgehead atoms. The lowest BCUT2D eigenvalue weighted by Crippen LogP contribution is -2.54. The number of para-hydroxylation sites is 1. The molecule has 0 aliphatic carbocycles. The Morgan fingerprint density at radius 3 is 2.96 bits per heavy atom. The maximum absolute atomic E-state index is 12.2. The third-order valence-corrected chi connectivity index (χ3v) is 4.05. The van der Waals surface area contributed by atoms with Gasteiger partial charge in [0.2, 0.25) is 11.8 Å². The zero-order valence-electron chi connectivity index (χ0n) is 12.7. The van der Waals surface area contributed by atoms with Gasteiger partial charge in [0.05, 0.1) is 6.04 Å². The first-order chi connectivity index (χ1) is 10.6. The molecule has 2 aromatic rings. The summed E-state index contributed by atoms with van der Waals surface area (Å²) in [5, 5.41) is 6.56. The Bertz CT molecular complexity index is 700. The van der Waals surface area contributed by atoms with Gasteiger partial charge < -0.3 is 21.4 Å². The maximum atomic E-state index is 12.2. The number of amides is 2. The molecule has 6 nitrogen and oxygen atoms in total. The van der Waals surface area contributed by atoms with Crippen LogP contribution in [0.15, 0.2) is 30.5 Å². The number of hydrogen-bond donors (Lipinski definition) is 4. The molecular weight excluding hydrogens is 316 g/mol. The third kappa shape index (κ3) is 3.83. The fourth-order valence-corrected chi connectivity index (χ4v) is 2.82. The summed E-state index contributed by atoms with van der Waals surface area (Å²) in [5.41, 5.74) is 8.04. The second-order valence-electron chi connectivity index (χ2n) is 5.66. The SMILES string of the molecule is Cl.N[C@@H](Cc1c[nH]c2ccccc12)C(=O)NC1CCCNC1=O. The number of carbonyl (C=O) groups is 2. The molecule has 2 amide bonds. The lowest BCUT2D eigenvalue weighted by molar-refractivity contribution is -0.130. The monoisotopic (exact) mass is 336 g/mol. The molecule has 1 aliphatic heterocycles. The Morgan fingerprint density at radius 2 is 2.17 bits per heavy atom. The van der Waals surface area contributed by atoms with Crippen LogP contribution in [0.4, 0.5) is 0 Å². The number of carbonyl (C=O) groups excluding carboxylic acids is 2. The number of benzene rings is 1. The molecule has 1 aromatic heterocycles. The zero-order valence-corrected chi connectivity index (χ0v) is 13.5. The lowest BCUT2D eigenvalue weighted by Gasteiger charge is -2.24. The number of piperidine rings is 1. The summed E-state index contributed by atoms with van der Waals surface area (Å²) in [4.78, 5) is 27.0. The van der Waals surface area contributed by atoms with Crippen LogP contribution >= 0.6 is 12.4 Å². The van der Waals surface area contributed by atoms with Gasteiger partial charge in [-0.15, -0.1) is 12.4 Å². The molecule has 0 radical (unpaired) electrons. The van der Waals surface area contributed by atoms with Gasteiger partial charge in [-0.2, -0.15) is 0 Å². The van der Waals surface area contributed by atoms with Crippen LogP contribution < -0.4 is 16.4 Å². The Morgan fingerprint density at radius 1 is 1.39 bits per heavy atom. The number of aromatic amines is 1. The standard InChI is InChI=1S/C16H20N4O2.ClH/c17-12(15(21)20-14-6-3-7-18-16(14)22)8-10-9-19-13-5-2-1-4-11(10)13;/h1-2,4-5,9,12,14,19H,3,6-8,17H2,(H,18,22)(H,20,21);1H/t12-,14?;/m0./s1. The predicted octanol–water partition coefficient (Wildman–Crippen LogP) is 0.854. The predicted molar refractivity (Wildman–Crippen MR) is 91.4 cm³/mol. The van der Waals surface area contributed by atoms with E-state index in [1.165, 1.54) is 0 Å². The minimum absolute atomic E-state index is 0. The largest absolute Gasteiger partial charge is 0.361 e. The summed E-state index contributed by atoms with van der Waals surface area (Å²) in [7, 11) is 0. The minimum atomic E-state index is -0.672. The van der Waals surface area contributed by atoms with Gasteiger partial charge in [0.15, 0.2) is 0 Å². The summed E-state index contributed by atoms with van der Waals surface area (Å²) < 4.78 is 0. The van der Waals surface area contributed by atoms with Crippen LogP contribution in [-0.4, -0.2) is 35.4 Å². The zero-order chi connectivity index (χ0) is 15.5. The summed E-state index contributed by atoms with van der Waals surface area (Å²) in [6, 6.07) is 6.76. The van der Waals surface area contributed by atoms with Crippen LogP contribution in [0.1, 0.15) is 18.4 Å². The van der Waals surface area contributed by atoms with Crippen LogP contribution in [0.2, 0.25) is 0 Å². The molecule has 0 saturated carbocycles. The Kier molecular flexibility index (Phi) is 5.63. The van der Waals surface area contributed by atoms with Crippen molar-refractivity contribution in [1.82, 2.24) is 15.6 Å². The van der Waals surface area contributed by atoms with Gasteiger partial charge in [0.1, 0.15) is 6.04 Å². The summed E-state index contributed by atoms with van der Waals surface area (Å²) in [6.07, 6.45) is 3.85. The first kappa shape index (κ1) is 17.3. The van der Waals surface area contributed by atoms with Crippen LogP contribution in [0.25, 0.3) is 10.9 Å². The summed E-state index contributed by atoms with van der Waals surface area (Å²) in [6.45, 7) is 0.673. The van der Waals surface area contributed by atoms with Gasteiger partial charge in [-0.25, -0.2) is 0 Å². The second kappa shape index (κ2) is 7.48. The fourth-order valence-electron chi connectivity index (χ4n) is 2.82. The highest BCUT2D eigenvalue weighted by molar-refractivity contribution is 5.91. The molecule has 0 spiro atoms. The summed E-state index contributed by atoms with van der Waals surface area (Å²) in [5.74, 6) is -0.411. The molecule has 23 heavy (non-hydrogen) atoms. The Hall–Kier alpha value is -2.05. The number of H-pyrrole nitrogens is 1. The van der Waals surface area contributed by atoms with Crippen molar-refractivity contribution >= 4 is 35.1 Å².